The van der Waals surface area contributed by atoms with E-state index in [0.29, 0.717) is 0 Å². The van der Waals surface area contributed by atoms with Crippen LogP contribution in [0.1, 0.15) is 5.56 Å². The van der Waals surface area contributed by atoms with Gasteiger partial charge in [-0.1, -0.05) is 27.5 Å². The van der Waals surface area contributed by atoms with Gasteiger partial charge in [0.15, 0.2) is 0 Å². The second-order valence-electron chi connectivity index (χ2n) is 2.35. The maximum atomic E-state index is 3.48. The molecule has 1 aromatic carbocycles. The number of aryl methyl sites for hydroxylation is 1. The SMILES string of the molecule is Bc1cc(C)c(Br)cc1I. The van der Waals surface area contributed by atoms with Gasteiger partial charge < -0.3 is 0 Å². The number of halogens is 2. The van der Waals surface area contributed by atoms with Gasteiger partial charge in [-0.25, -0.2) is 0 Å². The van der Waals surface area contributed by atoms with Crippen LogP contribution >= 0.6 is 38.5 Å². The molecule has 0 aliphatic carbocycles. The molecule has 0 aliphatic heterocycles. The summed E-state index contributed by atoms with van der Waals surface area (Å²) in [6, 6.07) is 4.33. The minimum Gasteiger partial charge on any atom is -0.0755 e. The molecule has 10 heavy (non-hydrogen) atoms. The highest BCUT2D eigenvalue weighted by Crippen LogP contribution is 2.16. The lowest BCUT2D eigenvalue weighted by atomic mass is 9.95. The molecule has 1 aromatic rings. The molecular weight excluding hydrogens is 302 g/mol. The van der Waals surface area contributed by atoms with Crippen molar-refractivity contribution >= 4 is 51.8 Å². The predicted molar refractivity (Wildman–Crippen MR) is 59.8 cm³/mol. The van der Waals surface area contributed by atoms with Crippen LogP contribution in [0.15, 0.2) is 16.6 Å². The lowest BCUT2D eigenvalue weighted by Gasteiger charge is -2.01. The largest absolute Gasteiger partial charge is 0.140 e. The van der Waals surface area contributed by atoms with Crippen molar-refractivity contribution in [1.29, 1.82) is 0 Å². The monoisotopic (exact) mass is 308 g/mol. The van der Waals surface area contributed by atoms with Gasteiger partial charge in [-0.2, -0.15) is 0 Å². The van der Waals surface area contributed by atoms with Gasteiger partial charge in [0.05, 0.1) is 0 Å². The first kappa shape index (κ1) is 8.59. The molecule has 3 heteroatoms. The van der Waals surface area contributed by atoms with Gasteiger partial charge in [0, 0.05) is 8.04 Å². The fourth-order valence-electron chi connectivity index (χ4n) is 0.802. The van der Waals surface area contributed by atoms with Gasteiger partial charge in [-0.3, -0.25) is 0 Å². The smallest absolute Gasteiger partial charge is 0.0755 e. The highest BCUT2D eigenvalue weighted by Gasteiger charge is 1.97. The Bertz CT molecular complexity index is 210. The Labute approximate surface area is 84.1 Å². The molecule has 0 saturated heterocycles. The van der Waals surface area contributed by atoms with E-state index in [1.54, 1.807) is 0 Å². The quantitative estimate of drug-likeness (QED) is 0.505. The van der Waals surface area contributed by atoms with Crippen LogP contribution in [-0.4, -0.2) is 7.85 Å². The third-order valence-electron chi connectivity index (χ3n) is 1.44. The fraction of sp³-hybridized carbons (Fsp3) is 0.143. The van der Waals surface area contributed by atoms with Gasteiger partial charge >= 0.3 is 0 Å². The highest BCUT2D eigenvalue weighted by atomic mass is 127. The fourth-order valence-corrected chi connectivity index (χ4v) is 2.04. The number of rotatable bonds is 0. The molecule has 0 heterocycles. The van der Waals surface area contributed by atoms with Gasteiger partial charge in [-0.05, 0) is 41.1 Å². The Morgan fingerprint density at radius 3 is 2.60 bits per heavy atom. The number of hydrogen-bond acceptors (Lipinski definition) is 0. The average Bonchev–Trinajstić information content (AvgIpc) is 1.84. The first-order valence-electron chi connectivity index (χ1n) is 3.03. The zero-order chi connectivity index (χ0) is 7.72. The molecule has 0 N–H and O–H groups in total. The first-order chi connectivity index (χ1) is 4.61. The molecule has 0 aliphatic rings. The Balaban J connectivity index is 3.28. The van der Waals surface area contributed by atoms with Crippen molar-refractivity contribution in [3.05, 3.63) is 25.7 Å². The van der Waals surface area contributed by atoms with Crippen molar-refractivity contribution in [3.63, 3.8) is 0 Å². The third kappa shape index (κ3) is 1.75. The molecule has 0 spiro atoms. The van der Waals surface area contributed by atoms with E-state index in [9.17, 15) is 0 Å². The van der Waals surface area contributed by atoms with Gasteiger partial charge in [-0.15, -0.1) is 0 Å². The summed E-state index contributed by atoms with van der Waals surface area (Å²) in [4.78, 5) is 0. The lowest BCUT2D eigenvalue weighted by molar-refractivity contribution is 1.44. The van der Waals surface area contributed by atoms with Crippen molar-refractivity contribution in [1.82, 2.24) is 0 Å². The summed E-state index contributed by atoms with van der Waals surface area (Å²) >= 11 is 5.81. The van der Waals surface area contributed by atoms with Crippen LogP contribution in [0.4, 0.5) is 0 Å². The number of benzene rings is 1. The van der Waals surface area contributed by atoms with E-state index in [1.807, 2.05) is 0 Å². The van der Waals surface area contributed by atoms with Crippen LogP contribution in [0.2, 0.25) is 0 Å². The van der Waals surface area contributed by atoms with Crippen LogP contribution in [-0.2, 0) is 0 Å². The van der Waals surface area contributed by atoms with Crippen molar-refractivity contribution in [2.45, 2.75) is 6.92 Å². The van der Waals surface area contributed by atoms with E-state index in [-0.39, 0.29) is 0 Å². The average molecular weight is 309 g/mol. The van der Waals surface area contributed by atoms with Crippen molar-refractivity contribution in [2.24, 2.45) is 0 Å². The minimum absolute atomic E-state index is 1.20. The van der Waals surface area contributed by atoms with Gasteiger partial charge in [0.2, 0.25) is 0 Å². The maximum absolute atomic E-state index is 3.48. The minimum atomic E-state index is 1.20. The number of hydrogen-bond donors (Lipinski definition) is 0. The molecule has 0 unspecified atom stereocenters. The second-order valence-corrected chi connectivity index (χ2v) is 4.37. The third-order valence-corrected chi connectivity index (χ3v) is 3.46. The molecule has 0 bridgehead atoms. The van der Waals surface area contributed by atoms with Crippen LogP contribution in [0, 0.1) is 10.5 Å². The van der Waals surface area contributed by atoms with E-state index >= 15 is 0 Å². The summed E-state index contributed by atoms with van der Waals surface area (Å²) in [6.45, 7) is 2.10. The second kappa shape index (κ2) is 3.26. The highest BCUT2D eigenvalue weighted by molar-refractivity contribution is 14.1. The standard InChI is InChI=1S/C7H7BBrI/c1-4-2-5(8)7(10)3-6(4)9/h2-3H,8H2,1H3. The van der Waals surface area contributed by atoms with E-state index in [4.69, 9.17) is 0 Å². The zero-order valence-electron chi connectivity index (χ0n) is 5.91. The summed E-state index contributed by atoms with van der Waals surface area (Å²) in [5.41, 5.74) is 2.65. The molecule has 1 rings (SSSR count). The summed E-state index contributed by atoms with van der Waals surface area (Å²) < 4.78 is 2.51. The summed E-state index contributed by atoms with van der Waals surface area (Å²) in [5, 5.41) is 0. The van der Waals surface area contributed by atoms with Gasteiger partial charge in [0.1, 0.15) is 7.85 Å². The molecule has 0 radical (unpaired) electrons. The molecule has 0 atom stereocenters. The molecule has 52 valence electrons. The van der Waals surface area contributed by atoms with Crippen LogP contribution in [0.25, 0.3) is 0 Å². The van der Waals surface area contributed by atoms with E-state index in [2.05, 4.69) is 65.4 Å². The molecule has 0 aromatic heterocycles. The predicted octanol–water partition coefficient (Wildman–Crippen LogP) is 1.62. The molecule has 0 nitrogen and oxygen atoms in total. The Kier molecular flexibility index (Phi) is 2.80. The maximum Gasteiger partial charge on any atom is 0.140 e. The van der Waals surface area contributed by atoms with Crippen molar-refractivity contribution < 1.29 is 0 Å². The van der Waals surface area contributed by atoms with Crippen LogP contribution in [0.5, 0.6) is 0 Å². The Morgan fingerprint density at radius 2 is 2.10 bits per heavy atom. The van der Waals surface area contributed by atoms with E-state index in [1.165, 1.54) is 19.1 Å². The van der Waals surface area contributed by atoms with Crippen LogP contribution in [0.3, 0.4) is 0 Å². The lowest BCUT2D eigenvalue weighted by Crippen LogP contribution is -2.07. The van der Waals surface area contributed by atoms with E-state index in [0.717, 1.165) is 0 Å². The summed E-state index contributed by atoms with van der Waals surface area (Å²) in [7, 11) is 2.13. The van der Waals surface area contributed by atoms with Crippen molar-refractivity contribution in [2.75, 3.05) is 0 Å². The molecule has 0 saturated carbocycles. The van der Waals surface area contributed by atoms with E-state index < -0.39 is 0 Å². The summed E-state index contributed by atoms with van der Waals surface area (Å²) in [6.07, 6.45) is 0. The van der Waals surface area contributed by atoms with Gasteiger partial charge in [0.25, 0.3) is 0 Å². The summed E-state index contributed by atoms with van der Waals surface area (Å²) in [5.74, 6) is 0. The topological polar surface area (TPSA) is 0 Å². The normalized spacial score (nSPS) is 9.90. The molecule has 0 fully saturated rings. The van der Waals surface area contributed by atoms with Crippen LogP contribution < -0.4 is 5.46 Å². The Hall–Kier alpha value is 0.495. The zero-order valence-corrected chi connectivity index (χ0v) is 9.65. The Morgan fingerprint density at radius 1 is 1.50 bits per heavy atom. The van der Waals surface area contributed by atoms with Crippen molar-refractivity contribution in [3.8, 4) is 0 Å². The molecule has 0 amide bonds. The first-order valence-corrected chi connectivity index (χ1v) is 4.90. The molecular formula is C7H7BBrI.